The van der Waals surface area contributed by atoms with E-state index in [-0.39, 0.29) is 5.57 Å². The summed E-state index contributed by atoms with van der Waals surface area (Å²) in [5.41, 5.74) is 3.60. The van der Waals surface area contributed by atoms with Gasteiger partial charge < -0.3 is 19.3 Å². The number of benzene rings is 2. The van der Waals surface area contributed by atoms with Crippen molar-refractivity contribution in [3.05, 3.63) is 58.2 Å². The molecule has 6 nitrogen and oxygen atoms in total. The molecule has 2 aromatic carbocycles. The van der Waals surface area contributed by atoms with Crippen molar-refractivity contribution in [2.45, 2.75) is 20.8 Å². The molecule has 0 atom stereocenters. The zero-order valence-corrected chi connectivity index (χ0v) is 16.4. The summed E-state index contributed by atoms with van der Waals surface area (Å²) in [7, 11) is 1.49. The molecule has 28 heavy (non-hydrogen) atoms. The van der Waals surface area contributed by atoms with Crippen molar-refractivity contribution < 1.29 is 24.1 Å². The van der Waals surface area contributed by atoms with E-state index in [1.165, 1.54) is 18.7 Å². The monoisotopic (exact) mass is 381 g/mol. The zero-order valence-electron chi connectivity index (χ0n) is 16.4. The van der Waals surface area contributed by atoms with E-state index in [0.717, 1.165) is 16.9 Å². The number of hydrogen-bond donors (Lipinski definition) is 1. The third-order valence-electron chi connectivity index (χ3n) is 4.21. The van der Waals surface area contributed by atoms with Crippen molar-refractivity contribution in [3.8, 4) is 23.3 Å². The Labute approximate surface area is 164 Å². The quantitative estimate of drug-likeness (QED) is 0.421. The van der Waals surface area contributed by atoms with E-state index in [0.29, 0.717) is 30.3 Å². The summed E-state index contributed by atoms with van der Waals surface area (Å²) in [4.78, 5) is 11.0. The van der Waals surface area contributed by atoms with Crippen LogP contribution in [0.4, 0.5) is 0 Å². The second kappa shape index (κ2) is 9.47. The summed E-state index contributed by atoms with van der Waals surface area (Å²) < 4.78 is 16.9. The first-order valence-corrected chi connectivity index (χ1v) is 8.72. The number of aliphatic carboxylic acids is 1. The normalized spacial score (nSPS) is 10.9. The van der Waals surface area contributed by atoms with Gasteiger partial charge in [-0.15, -0.1) is 0 Å². The number of carbonyl (C=O) groups is 1. The first-order valence-electron chi connectivity index (χ1n) is 8.72. The molecule has 6 heteroatoms. The molecule has 0 heterocycles. The predicted octanol–water partition coefficient (Wildman–Crippen LogP) is 4.07. The second-order valence-electron chi connectivity index (χ2n) is 6.29. The third-order valence-corrected chi connectivity index (χ3v) is 4.21. The number of carboxylic acids is 1. The molecule has 0 fully saturated rings. The zero-order chi connectivity index (χ0) is 20.7. The van der Waals surface area contributed by atoms with E-state index in [9.17, 15) is 4.79 Å². The minimum absolute atomic E-state index is 0.316. The van der Waals surface area contributed by atoms with E-state index >= 15 is 0 Å². The highest BCUT2D eigenvalue weighted by molar-refractivity contribution is 5.96. The van der Waals surface area contributed by atoms with Gasteiger partial charge in [0.25, 0.3) is 0 Å². The maximum Gasteiger partial charge on any atom is 0.346 e. The number of aryl methyl sites for hydroxylation is 2. The summed E-state index contributed by atoms with van der Waals surface area (Å²) in [6.07, 6.45) is 1.28. The van der Waals surface area contributed by atoms with Gasteiger partial charge in [0.05, 0.1) is 7.11 Å². The third kappa shape index (κ3) is 5.27. The topological polar surface area (TPSA) is 88.8 Å². The molecule has 2 aromatic rings. The molecule has 0 aliphatic carbocycles. The van der Waals surface area contributed by atoms with E-state index in [4.69, 9.17) is 24.6 Å². The Balaban J connectivity index is 2.03. The molecule has 0 aliphatic heterocycles. The van der Waals surface area contributed by atoms with Gasteiger partial charge in [-0.05, 0) is 67.3 Å². The minimum Gasteiger partial charge on any atom is -0.493 e. The van der Waals surface area contributed by atoms with Crippen LogP contribution in [-0.2, 0) is 4.79 Å². The van der Waals surface area contributed by atoms with Gasteiger partial charge in [-0.2, -0.15) is 5.26 Å². The van der Waals surface area contributed by atoms with Crippen LogP contribution < -0.4 is 14.2 Å². The number of nitrogens with zero attached hydrogens (tertiary/aromatic N) is 1. The van der Waals surface area contributed by atoms with Crippen molar-refractivity contribution in [1.82, 2.24) is 0 Å². The average Bonchev–Trinajstić information content (AvgIpc) is 2.66. The molecule has 146 valence electrons. The molecular formula is C22H23NO5. The highest BCUT2D eigenvalue weighted by Gasteiger charge is 2.10. The maximum atomic E-state index is 11.0. The van der Waals surface area contributed by atoms with Crippen LogP contribution in [0.2, 0.25) is 0 Å². The van der Waals surface area contributed by atoms with Crippen LogP contribution in [0.25, 0.3) is 6.08 Å². The first kappa shape index (κ1) is 20.8. The van der Waals surface area contributed by atoms with Crippen molar-refractivity contribution in [2.24, 2.45) is 0 Å². The average molecular weight is 381 g/mol. The van der Waals surface area contributed by atoms with Gasteiger partial charge in [-0.25, -0.2) is 4.79 Å². The van der Waals surface area contributed by atoms with E-state index in [2.05, 4.69) is 13.0 Å². The number of nitriles is 1. The highest BCUT2D eigenvalue weighted by Crippen LogP contribution is 2.29. The van der Waals surface area contributed by atoms with Crippen molar-refractivity contribution in [2.75, 3.05) is 20.3 Å². The lowest BCUT2D eigenvalue weighted by Gasteiger charge is -2.14. The molecule has 0 unspecified atom stereocenters. The summed E-state index contributed by atoms with van der Waals surface area (Å²) in [5.74, 6) is 0.514. The largest absolute Gasteiger partial charge is 0.493 e. The fourth-order valence-corrected chi connectivity index (χ4v) is 2.66. The van der Waals surface area contributed by atoms with Crippen LogP contribution in [0.3, 0.4) is 0 Å². The second-order valence-corrected chi connectivity index (χ2v) is 6.29. The summed E-state index contributed by atoms with van der Waals surface area (Å²) >= 11 is 0. The molecule has 0 spiro atoms. The Hall–Kier alpha value is -3.46. The molecule has 0 saturated heterocycles. The van der Waals surface area contributed by atoms with Crippen LogP contribution in [0.5, 0.6) is 17.2 Å². The van der Waals surface area contributed by atoms with Crippen molar-refractivity contribution in [3.63, 3.8) is 0 Å². The van der Waals surface area contributed by atoms with Crippen LogP contribution in [0.15, 0.2) is 35.9 Å². The Morgan fingerprint density at radius 1 is 1.07 bits per heavy atom. The fraction of sp³-hybridized carbons (Fsp3) is 0.273. The molecule has 1 N–H and O–H groups in total. The first-order chi connectivity index (χ1) is 13.3. The number of hydrogen-bond acceptors (Lipinski definition) is 5. The van der Waals surface area contributed by atoms with Gasteiger partial charge in [0.1, 0.15) is 30.6 Å². The van der Waals surface area contributed by atoms with E-state index < -0.39 is 5.97 Å². The van der Waals surface area contributed by atoms with Crippen LogP contribution in [-0.4, -0.2) is 31.4 Å². The Morgan fingerprint density at radius 2 is 1.75 bits per heavy atom. The van der Waals surface area contributed by atoms with Crippen LogP contribution in [0.1, 0.15) is 22.3 Å². The SMILES string of the molecule is COc1cc(C=C(C#N)C(=O)O)ccc1OCCOc1cc(C)cc(C)c1C. The van der Waals surface area contributed by atoms with Crippen LogP contribution >= 0.6 is 0 Å². The van der Waals surface area contributed by atoms with Gasteiger partial charge >= 0.3 is 5.97 Å². The van der Waals surface area contributed by atoms with Gasteiger partial charge in [-0.1, -0.05) is 12.1 Å². The predicted molar refractivity (Wildman–Crippen MR) is 106 cm³/mol. The lowest BCUT2D eigenvalue weighted by atomic mass is 10.1. The molecule has 0 bridgehead atoms. The van der Waals surface area contributed by atoms with Gasteiger partial charge in [0, 0.05) is 0 Å². The molecule has 0 saturated carbocycles. The Kier molecular flexibility index (Phi) is 7.05. The van der Waals surface area contributed by atoms with E-state index in [1.807, 2.05) is 19.9 Å². The lowest BCUT2D eigenvalue weighted by Crippen LogP contribution is -2.10. The molecule has 0 aromatic heterocycles. The van der Waals surface area contributed by atoms with Gasteiger partial charge in [-0.3, -0.25) is 0 Å². The summed E-state index contributed by atoms with van der Waals surface area (Å²) in [6, 6.07) is 10.7. The fourth-order valence-electron chi connectivity index (χ4n) is 2.66. The molecule has 0 radical (unpaired) electrons. The summed E-state index contributed by atoms with van der Waals surface area (Å²) in [5, 5.41) is 17.8. The number of methoxy groups -OCH3 is 1. The maximum absolute atomic E-state index is 11.0. The number of rotatable bonds is 8. The minimum atomic E-state index is -1.28. The van der Waals surface area contributed by atoms with E-state index in [1.54, 1.807) is 24.3 Å². The smallest absolute Gasteiger partial charge is 0.346 e. The van der Waals surface area contributed by atoms with Crippen LogP contribution in [0, 0.1) is 32.1 Å². The molecule has 0 aliphatic rings. The molecular weight excluding hydrogens is 358 g/mol. The number of ether oxygens (including phenoxy) is 3. The summed E-state index contributed by atoms with van der Waals surface area (Å²) in [6.45, 7) is 6.78. The molecule has 0 amide bonds. The van der Waals surface area contributed by atoms with Crippen molar-refractivity contribution in [1.29, 1.82) is 5.26 Å². The lowest BCUT2D eigenvalue weighted by molar-refractivity contribution is -0.132. The Morgan fingerprint density at radius 3 is 2.36 bits per heavy atom. The standard InChI is InChI=1S/C22H23NO5/c1-14-9-15(2)16(3)20(10-14)28-8-7-27-19-6-5-17(12-21(19)26-4)11-18(13-23)22(24)25/h5-6,9-12H,7-8H2,1-4H3,(H,24,25). The highest BCUT2D eigenvalue weighted by atomic mass is 16.5. The van der Waals surface area contributed by atoms with Gasteiger partial charge in [0.15, 0.2) is 11.5 Å². The number of carboxylic acid groups (broad SMARTS) is 1. The molecule has 2 rings (SSSR count). The Bertz CT molecular complexity index is 941. The van der Waals surface area contributed by atoms with Crippen molar-refractivity contribution >= 4 is 12.0 Å². The van der Waals surface area contributed by atoms with Gasteiger partial charge in [0.2, 0.25) is 0 Å².